The van der Waals surface area contributed by atoms with E-state index < -0.39 is 0 Å². The van der Waals surface area contributed by atoms with Crippen molar-refractivity contribution < 1.29 is 9.59 Å². The van der Waals surface area contributed by atoms with Crippen LogP contribution in [0.3, 0.4) is 0 Å². The summed E-state index contributed by atoms with van der Waals surface area (Å²) in [7, 11) is 1.74. The van der Waals surface area contributed by atoms with Crippen molar-refractivity contribution in [3.05, 3.63) is 46.0 Å². The summed E-state index contributed by atoms with van der Waals surface area (Å²) in [5.41, 5.74) is 7.56. The molecule has 2 N–H and O–H groups in total. The number of nitrogens with two attached hydrogens (primary N) is 1. The zero-order valence-electron chi connectivity index (χ0n) is 15.3. The van der Waals surface area contributed by atoms with Gasteiger partial charge < -0.3 is 15.2 Å². The number of pyridine rings is 1. The third-order valence-corrected chi connectivity index (χ3v) is 5.35. The summed E-state index contributed by atoms with van der Waals surface area (Å²) in [6.45, 7) is 2.86. The van der Waals surface area contributed by atoms with Gasteiger partial charge in [-0.2, -0.15) is 0 Å². The van der Waals surface area contributed by atoms with Gasteiger partial charge in [-0.3, -0.25) is 18.8 Å². The Hall–Kier alpha value is -3.16. The lowest BCUT2D eigenvalue weighted by atomic mass is 9.96. The average molecular weight is 367 g/mol. The molecule has 0 radical (unpaired) electrons. The third-order valence-electron chi connectivity index (χ3n) is 5.35. The molecule has 2 amide bonds. The van der Waals surface area contributed by atoms with E-state index in [0.29, 0.717) is 48.3 Å². The molecule has 4 rings (SSSR count). The van der Waals surface area contributed by atoms with Gasteiger partial charge in [0.25, 0.3) is 11.5 Å². The lowest BCUT2D eigenvalue weighted by Gasteiger charge is -2.30. The molecule has 0 saturated carbocycles. The molecule has 3 aromatic heterocycles. The topological polar surface area (TPSA) is 103 Å². The molecule has 1 aliphatic rings. The summed E-state index contributed by atoms with van der Waals surface area (Å²) in [5, 5.41) is 0.413. The van der Waals surface area contributed by atoms with Crippen molar-refractivity contribution in [3.8, 4) is 0 Å². The number of amides is 2. The number of hydrogen-bond donors (Lipinski definition) is 1. The number of primary amides is 1. The monoisotopic (exact) mass is 367 g/mol. The first kappa shape index (κ1) is 17.3. The minimum atomic E-state index is -0.314. The van der Waals surface area contributed by atoms with Crippen LogP contribution >= 0.6 is 0 Å². The highest BCUT2D eigenvalue weighted by molar-refractivity contribution is 5.98. The molecule has 27 heavy (non-hydrogen) atoms. The quantitative estimate of drug-likeness (QED) is 0.725. The van der Waals surface area contributed by atoms with Crippen molar-refractivity contribution in [1.29, 1.82) is 0 Å². The molecule has 1 saturated heterocycles. The van der Waals surface area contributed by atoms with Crippen molar-refractivity contribution in [3.63, 3.8) is 0 Å². The summed E-state index contributed by atoms with van der Waals surface area (Å²) >= 11 is 0. The van der Waals surface area contributed by atoms with Crippen LogP contribution in [0.2, 0.25) is 0 Å². The predicted octanol–water partition coefficient (Wildman–Crippen LogP) is 0.832. The van der Waals surface area contributed by atoms with Crippen molar-refractivity contribution in [1.82, 2.24) is 18.9 Å². The maximum atomic E-state index is 13.0. The first-order valence-corrected chi connectivity index (χ1v) is 8.94. The van der Waals surface area contributed by atoms with E-state index in [4.69, 9.17) is 5.73 Å². The molecule has 0 bridgehead atoms. The summed E-state index contributed by atoms with van der Waals surface area (Å²) in [6.07, 6.45) is 2.87. The number of fused-ring (bicyclic) bond motifs is 2. The number of hydrogen-bond acceptors (Lipinski definition) is 4. The predicted molar refractivity (Wildman–Crippen MR) is 100 cm³/mol. The second kappa shape index (κ2) is 6.22. The van der Waals surface area contributed by atoms with E-state index in [1.54, 1.807) is 34.8 Å². The number of nitrogens with zero attached hydrogens (tertiary/aromatic N) is 4. The Morgan fingerprint density at radius 3 is 2.59 bits per heavy atom. The molecule has 1 fully saturated rings. The van der Waals surface area contributed by atoms with Crippen LogP contribution in [-0.4, -0.2) is 43.8 Å². The van der Waals surface area contributed by atoms with Crippen molar-refractivity contribution in [2.45, 2.75) is 19.8 Å². The lowest BCUT2D eigenvalue weighted by molar-refractivity contribution is -0.123. The highest BCUT2D eigenvalue weighted by atomic mass is 16.2. The van der Waals surface area contributed by atoms with E-state index in [9.17, 15) is 14.4 Å². The number of aryl methyl sites for hydroxylation is 2. The van der Waals surface area contributed by atoms with Gasteiger partial charge in [-0.05, 0) is 37.5 Å². The van der Waals surface area contributed by atoms with E-state index in [0.717, 1.165) is 5.56 Å². The van der Waals surface area contributed by atoms with Gasteiger partial charge >= 0.3 is 0 Å². The van der Waals surface area contributed by atoms with Gasteiger partial charge in [0.2, 0.25) is 5.91 Å². The first-order valence-electron chi connectivity index (χ1n) is 8.94. The molecule has 8 heteroatoms. The van der Waals surface area contributed by atoms with Crippen LogP contribution < -0.4 is 11.3 Å². The Kier molecular flexibility index (Phi) is 3.98. The Labute approximate surface area is 155 Å². The largest absolute Gasteiger partial charge is 0.369 e. The average Bonchev–Trinajstić information content (AvgIpc) is 2.99. The zero-order chi connectivity index (χ0) is 19.3. The van der Waals surface area contributed by atoms with Crippen LogP contribution in [0, 0.1) is 12.8 Å². The van der Waals surface area contributed by atoms with E-state index >= 15 is 0 Å². The maximum Gasteiger partial charge on any atom is 0.270 e. The van der Waals surface area contributed by atoms with Crippen molar-refractivity contribution in [2.24, 2.45) is 18.7 Å². The van der Waals surface area contributed by atoms with E-state index in [2.05, 4.69) is 4.98 Å². The van der Waals surface area contributed by atoms with Gasteiger partial charge in [-0.15, -0.1) is 0 Å². The van der Waals surface area contributed by atoms with Gasteiger partial charge in [-0.1, -0.05) is 6.07 Å². The summed E-state index contributed by atoms with van der Waals surface area (Å²) < 4.78 is 3.17. The number of likely N-dealkylation sites (tertiary alicyclic amines) is 1. The third kappa shape index (κ3) is 2.77. The van der Waals surface area contributed by atoms with Crippen LogP contribution in [0.1, 0.15) is 28.9 Å². The summed E-state index contributed by atoms with van der Waals surface area (Å²) in [5.74, 6) is -0.657. The molecule has 0 unspecified atom stereocenters. The molecule has 0 aliphatic carbocycles. The highest BCUT2D eigenvalue weighted by Crippen LogP contribution is 2.21. The molecular weight excluding hydrogens is 346 g/mol. The maximum absolute atomic E-state index is 13.0. The SMILES string of the molecule is Cc1ccc2nc3c(cc(C(=O)N4CCC(C(N)=O)CC4)n3C)c(=O)n2c1. The fraction of sp³-hybridized carbons (Fsp3) is 0.368. The lowest BCUT2D eigenvalue weighted by Crippen LogP contribution is -2.42. The van der Waals surface area contributed by atoms with Crippen LogP contribution in [0.4, 0.5) is 0 Å². The molecule has 140 valence electrons. The second-order valence-corrected chi connectivity index (χ2v) is 7.15. The zero-order valence-corrected chi connectivity index (χ0v) is 15.3. The number of piperidine rings is 1. The van der Waals surface area contributed by atoms with Crippen LogP contribution in [0.25, 0.3) is 16.7 Å². The number of rotatable bonds is 2. The first-order chi connectivity index (χ1) is 12.9. The molecular formula is C19H21N5O3. The molecule has 3 aromatic rings. The van der Waals surface area contributed by atoms with Gasteiger partial charge in [0, 0.05) is 32.3 Å². The molecule has 0 aromatic carbocycles. The van der Waals surface area contributed by atoms with E-state index in [1.807, 2.05) is 13.0 Å². The van der Waals surface area contributed by atoms with E-state index in [1.165, 1.54) is 4.40 Å². The summed E-state index contributed by atoms with van der Waals surface area (Å²) in [4.78, 5) is 43.4. The Balaban J connectivity index is 1.74. The molecule has 0 spiro atoms. The smallest absolute Gasteiger partial charge is 0.270 e. The molecule has 8 nitrogen and oxygen atoms in total. The Morgan fingerprint density at radius 2 is 1.93 bits per heavy atom. The molecule has 0 atom stereocenters. The van der Waals surface area contributed by atoms with Gasteiger partial charge in [0.05, 0.1) is 5.39 Å². The fourth-order valence-corrected chi connectivity index (χ4v) is 3.71. The standard InChI is InChI=1S/C19H21N5O3/c1-11-3-4-15-21-17-13(18(26)24(15)10-11)9-14(22(17)2)19(27)23-7-5-12(6-8-23)16(20)25/h3-4,9-10,12H,5-8H2,1-2H3,(H2,20,25). The van der Waals surface area contributed by atoms with Gasteiger partial charge in [0.15, 0.2) is 0 Å². The number of aromatic nitrogens is 3. The fourth-order valence-electron chi connectivity index (χ4n) is 3.71. The van der Waals surface area contributed by atoms with Crippen LogP contribution in [0.15, 0.2) is 29.2 Å². The second-order valence-electron chi connectivity index (χ2n) is 7.15. The molecule has 4 heterocycles. The number of carbonyl (C=O) groups is 2. The van der Waals surface area contributed by atoms with Crippen LogP contribution in [0.5, 0.6) is 0 Å². The van der Waals surface area contributed by atoms with Gasteiger partial charge in [0.1, 0.15) is 17.0 Å². The minimum Gasteiger partial charge on any atom is -0.369 e. The minimum absolute atomic E-state index is 0.164. The van der Waals surface area contributed by atoms with Crippen molar-refractivity contribution >= 4 is 28.5 Å². The van der Waals surface area contributed by atoms with Crippen LogP contribution in [-0.2, 0) is 11.8 Å². The molecule has 1 aliphatic heterocycles. The Morgan fingerprint density at radius 1 is 1.22 bits per heavy atom. The Bertz CT molecular complexity index is 1140. The normalized spacial score (nSPS) is 15.6. The summed E-state index contributed by atoms with van der Waals surface area (Å²) in [6, 6.07) is 5.30. The van der Waals surface area contributed by atoms with Crippen molar-refractivity contribution in [2.75, 3.05) is 13.1 Å². The van der Waals surface area contributed by atoms with E-state index in [-0.39, 0.29) is 23.3 Å². The van der Waals surface area contributed by atoms with Gasteiger partial charge in [-0.25, -0.2) is 4.98 Å². The number of carbonyl (C=O) groups excluding carboxylic acids is 2. The highest BCUT2D eigenvalue weighted by Gasteiger charge is 2.28.